The predicted octanol–water partition coefficient (Wildman–Crippen LogP) is -0.496. The van der Waals surface area contributed by atoms with E-state index >= 15 is 0 Å². The normalized spacial score (nSPS) is 21.7. The first-order valence-electron chi connectivity index (χ1n) is 10.0. The summed E-state index contributed by atoms with van der Waals surface area (Å²) in [5.74, 6) is -1.39. The fraction of sp³-hybridized carbons (Fsp3) is 0.421. The highest BCUT2D eigenvalue weighted by Crippen LogP contribution is 2.39. The van der Waals surface area contributed by atoms with Gasteiger partial charge in [0.15, 0.2) is 18.0 Å². The van der Waals surface area contributed by atoms with Crippen LogP contribution < -0.4 is 0 Å². The Bertz CT molecular complexity index is 1170. The summed E-state index contributed by atoms with van der Waals surface area (Å²) in [5.41, 5.74) is 0.350. The lowest BCUT2D eigenvalue weighted by Gasteiger charge is -2.24. The number of carbonyl (C=O) groups is 3. The molecular weight excluding hydrogens is 452 g/mol. The number of nitrogens with zero attached hydrogens (tertiary/aromatic N) is 8. The Morgan fingerprint density at radius 2 is 1.59 bits per heavy atom. The Kier molecular flexibility index (Phi) is 6.53. The highest BCUT2D eigenvalue weighted by Gasteiger charge is 2.51. The van der Waals surface area contributed by atoms with Crippen molar-refractivity contribution in [2.75, 3.05) is 6.61 Å². The maximum absolute atomic E-state index is 11.9. The lowest BCUT2D eigenvalue weighted by Crippen LogP contribution is -2.40. The summed E-state index contributed by atoms with van der Waals surface area (Å²) in [4.78, 5) is 51.7. The van der Waals surface area contributed by atoms with Crippen LogP contribution in [-0.2, 0) is 33.3 Å². The van der Waals surface area contributed by atoms with Gasteiger partial charge < -0.3 is 18.9 Å². The zero-order valence-corrected chi connectivity index (χ0v) is 18.3. The average molecular weight is 472 g/mol. The number of hydrogen-bond acceptors (Lipinski definition) is 13. The second-order valence-corrected chi connectivity index (χ2v) is 7.17. The molecule has 0 aliphatic carbocycles. The van der Waals surface area contributed by atoms with E-state index < -0.39 is 42.3 Å². The van der Waals surface area contributed by atoms with Gasteiger partial charge in [-0.25, -0.2) is 19.6 Å². The van der Waals surface area contributed by atoms with Gasteiger partial charge in [-0.15, -0.1) is 0 Å². The molecule has 178 valence electrons. The fourth-order valence-corrected chi connectivity index (χ4v) is 3.46. The van der Waals surface area contributed by atoms with Crippen LogP contribution in [0, 0.1) is 0 Å². The quantitative estimate of drug-likeness (QED) is 0.318. The minimum Gasteiger partial charge on any atom is -0.463 e. The van der Waals surface area contributed by atoms with Crippen molar-refractivity contribution >= 4 is 17.9 Å². The topological polar surface area (TPSA) is 175 Å². The van der Waals surface area contributed by atoms with Crippen molar-refractivity contribution in [1.82, 2.24) is 39.5 Å². The molecule has 1 saturated heterocycles. The van der Waals surface area contributed by atoms with E-state index in [-0.39, 0.29) is 18.4 Å². The van der Waals surface area contributed by atoms with Gasteiger partial charge in [0.1, 0.15) is 44.1 Å². The molecule has 0 unspecified atom stereocenters. The Labute approximate surface area is 192 Å². The number of ether oxygens (including phenoxy) is 4. The van der Waals surface area contributed by atoms with Crippen LogP contribution >= 0.6 is 0 Å². The van der Waals surface area contributed by atoms with E-state index in [2.05, 4.69) is 30.1 Å². The molecule has 15 heteroatoms. The first kappa shape index (κ1) is 22.9. The number of carbonyl (C=O) groups excluding carboxylic acids is 3. The van der Waals surface area contributed by atoms with Gasteiger partial charge in [0.2, 0.25) is 0 Å². The van der Waals surface area contributed by atoms with Crippen molar-refractivity contribution in [2.24, 2.45) is 0 Å². The fourth-order valence-electron chi connectivity index (χ4n) is 3.46. The highest BCUT2D eigenvalue weighted by atomic mass is 16.6. The van der Waals surface area contributed by atoms with Gasteiger partial charge >= 0.3 is 17.9 Å². The van der Waals surface area contributed by atoms with Crippen molar-refractivity contribution in [1.29, 1.82) is 0 Å². The molecule has 0 amide bonds. The molecule has 4 rings (SSSR count). The van der Waals surface area contributed by atoms with Crippen molar-refractivity contribution in [3.8, 4) is 11.8 Å². The van der Waals surface area contributed by atoms with Gasteiger partial charge in [-0.1, -0.05) is 0 Å². The smallest absolute Gasteiger partial charge is 0.303 e. The van der Waals surface area contributed by atoms with Crippen LogP contribution in [0.3, 0.4) is 0 Å². The highest BCUT2D eigenvalue weighted by molar-refractivity contribution is 5.68. The third-order valence-corrected chi connectivity index (χ3v) is 4.71. The lowest BCUT2D eigenvalue weighted by atomic mass is 10.0. The molecule has 0 saturated carbocycles. The molecule has 0 N–H and O–H groups in total. The summed E-state index contributed by atoms with van der Waals surface area (Å²) in [6.45, 7) is 3.41. The van der Waals surface area contributed by atoms with Crippen molar-refractivity contribution < 1.29 is 33.3 Å². The van der Waals surface area contributed by atoms with E-state index in [9.17, 15) is 14.4 Å². The van der Waals surface area contributed by atoms with Gasteiger partial charge in [-0.05, 0) is 0 Å². The molecule has 0 spiro atoms. The van der Waals surface area contributed by atoms with E-state index in [4.69, 9.17) is 18.9 Å². The number of hydrogen-bond donors (Lipinski definition) is 0. The van der Waals surface area contributed by atoms with Gasteiger partial charge in [-0.2, -0.15) is 19.9 Å². The second kappa shape index (κ2) is 9.70. The monoisotopic (exact) mass is 472 g/mol. The molecule has 3 aromatic heterocycles. The van der Waals surface area contributed by atoms with Crippen LogP contribution in [0.4, 0.5) is 0 Å². The van der Waals surface area contributed by atoms with Crippen LogP contribution in [0.1, 0.15) is 32.4 Å². The number of esters is 3. The zero-order chi connectivity index (χ0) is 24.2. The first-order valence-corrected chi connectivity index (χ1v) is 10.0. The number of aromatic nitrogens is 8. The maximum atomic E-state index is 11.9. The minimum atomic E-state index is -1.09. The molecule has 0 radical (unpaired) electrons. The molecule has 1 aliphatic rings. The maximum Gasteiger partial charge on any atom is 0.303 e. The molecule has 15 nitrogen and oxygen atoms in total. The summed E-state index contributed by atoms with van der Waals surface area (Å²) in [6.07, 6.45) is 2.82. The molecule has 4 atom stereocenters. The van der Waals surface area contributed by atoms with Crippen LogP contribution in [0.15, 0.2) is 31.5 Å². The van der Waals surface area contributed by atoms with Gasteiger partial charge in [0, 0.05) is 32.5 Å². The molecule has 1 aliphatic heterocycles. The van der Waals surface area contributed by atoms with E-state index in [0.717, 1.165) is 0 Å². The van der Waals surface area contributed by atoms with E-state index in [1.165, 1.54) is 61.6 Å². The molecule has 3 aromatic rings. The van der Waals surface area contributed by atoms with Gasteiger partial charge in [-0.3, -0.25) is 14.4 Å². The predicted molar refractivity (Wildman–Crippen MR) is 107 cm³/mol. The Balaban J connectivity index is 1.79. The summed E-state index contributed by atoms with van der Waals surface area (Å²) < 4.78 is 24.8. The minimum absolute atomic E-state index is 0.182. The Hall–Kier alpha value is -4.27. The lowest BCUT2D eigenvalue weighted by molar-refractivity contribution is -0.165. The van der Waals surface area contributed by atoms with E-state index in [0.29, 0.717) is 5.56 Å². The molecule has 0 aromatic carbocycles. The average Bonchev–Trinajstić information content (AvgIpc) is 3.54. The molecule has 1 fully saturated rings. The largest absolute Gasteiger partial charge is 0.463 e. The van der Waals surface area contributed by atoms with Crippen molar-refractivity contribution in [3.05, 3.63) is 37.1 Å². The summed E-state index contributed by atoms with van der Waals surface area (Å²) in [6, 6.07) is 0. The molecular formula is C19H20N8O7. The van der Waals surface area contributed by atoms with Crippen molar-refractivity contribution in [2.45, 2.75) is 45.2 Å². The Morgan fingerprint density at radius 3 is 2.18 bits per heavy atom. The van der Waals surface area contributed by atoms with Crippen molar-refractivity contribution in [3.63, 3.8) is 0 Å². The summed E-state index contributed by atoms with van der Waals surface area (Å²) >= 11 is 0. The van der Waals surface area contributed by atoms with Crippen LogP contribution in [-0.4, -0.2) is 82.3 Å². The molecule has 0 bridgehead atoms. The SMILES string of the molecule is CC(=O)OC[C@H]1O[C@@H](c2cnc(-n3cncn3)nc2-n2cncn2)[C@H](OC(C)=O)[C@@H]1OC(C)=O. The van der Waals surface area contributed by atoms with Gasteiger partial charge in [0.25, 0.3) is 5.95 Å². The summed E-state index contributed by atoms with van der Waals surface area (Å²) in [5, 5.41) is 8.14. The second-order valence-electron chi connectivity index (χ2n) is 7.17. The van der Waals surface area contributed by atoms with Gasteiger partial charge in [0.05, 0.1) is 0 Å². The van der Waals surface area contributed by atoms with Crippen LogP contribution in [0.5, 0.6) is 0 Å². The van der Waals surface area contributed by atoms with Crippen LogP contribution in [0.25, 0.3) is 11.8 Å². The molecule has 4 heterocycles. The van der Waals surface area contributed by atoms with E-state index in [1.54, 1.807) is 0 Å². The Morgan fingerprint density at radius 1 is 0.941 bits per heavy atom. The first-order chi connectivity index (χ1) is 16.3. The molecule has 34 heavy (non-hydrogen) atoms. The third-order valence-electron chi connectivity index (χ3n) is 4.71. The van der Waals surface area contributed by atoms with Crippen LogP contribution in [0.2, 0.25) is 0 Å². The van der Waals surface area contributed by atoms with E-state index in [1.807, 2.05) is 0 Å². The summed E-state index contributed by atoms with van der Waals surface area (Å²) in [7, 11) is 0. The third kappa shape index (κ3) is 4.88. The zero-order valence-electron chi connectivity index (χ0n) is 18.3. The number of rotatable bonds is 7. The standard InChI is InChI=1S/C19H20N8O7/c1-10(28)31-5-14-16(32-11(2)29)17(33-12(3)30)15(34-14)13-4-22-19(27-9-21-7-24-27)25-18(13)26-8-20-6-23-26/h4,6-9,14-17H,5H2,1-3H3/t14-,15+,16-,17+/m1/s1.